The maximum absolute atomic E-state index is 13.0. The molecule has 0 saturated carbocycles. The zero-order chi connectivity index (χ0) is 21.2. The lowest BCUT2D eigenvalue weighted by molar-refractivity contribution is -0.137. The van der Waals surface area contributed by atoms with Crippen LogP contribution in [0.4, 0.5) is 13.2 Å². The summed E-state index contributed by atoms with van der Waals surface area (Å²) in [6.07, 6.45) is -5.44. The summed E-state index contributed by atoms with van der Waals surface area (Å²) in [5.74, 6) is 0. The molecule has 2 aromatic carbocycles. The van der Waals surface area contributed by atoms with Gasteiger partial charge in [0.05, 0.1) is 21.6 Å². The summed E-state index contributed by atoms with van der Waals surface area (Å²) in [5.41, 5.74) is -0.409. The molecule has 0 aliphatic carbocycles. The molecule has 0 amide bonds. The van der Waals surface area contributed by atoms with Crippen molar-refractivity contribution in [3.8, 4) is 0 Å². The molecule has 5 nitrogen and oxygen atoms in total. The summed E-state index contributed by atoms with van der Waals surface area (Å²) in [6, 6.07) is 11.7. The predicted octanol–water partition coefficient (Wildman–Crippen LogP) is 3.40. The summed E-state index contributed by atoms with van der Waals surface area (Å²) in [5, 5.41) is 9.77. The van der Waals surface area contributed by atoms with Gasteiger partial charge in [-0.15, -0.1) is 0 Å². The Morgan fingerprint density at radius 1 is 1.03 bits per heavy atom. The highest BCUT2D eigenvalue weighted by Crippen LogP contribution is 2.36. The van der Waals surface area contributed by atoms with Crippen LogP contribution in [0.2, 0.25) is 5.02 Å². The van der Waals surface area contributed by atoms with Crippen LogP contribution < -0.4 is 0 Å². The second kappa shape index (κ2) is 8.61. The topological polar surface area (TPSA) is 60.9 Å². The lowest BCUT2D eigenvalue weighted by atomic mass is 10.1. The van der Waals surface area contributed by atoms with E-state index in [2.05, 4.69) is 0 Å². The number of aliphatic hydroxyl groups excluding tert-OH is 1. The van der Waals surface area contributed by atoms with Crippen molar-refractivity contribution in [1.82, 2.24) is 9.21 Å². The molecule has 3 rings (SSSR count). The Bertz CT molecular complexity index is 947. The molecular formula is C19H20ClF3N2O3S. The fourth-order valence-electron chi connectivity index (χ4n) is 3.21. The number of alkyl halides is 3. The molecule has 29 heavy (non-hydrogen) atoms. The number of aliphatic hydroxyl groups is 1. The maximum atomic E-state index is 13.0. The van der Waals surface area contributed by atoms with Gasteiger partial charge < -0.3 is 5.11 Å². The van der Waals surface area contributed by atoms with Crippen molar-refractivity contribution in [2.75, 3.05) is 32.7 Å². The van der Waals surface area contributed by atoms with Crippen LogP contribution in [0.15, 0.2) is 53.4 Å². The molecule has 158 valence electrons. The van der Waals surface area contributed by atoms with Crippen LogP contribution in [0.3, 0.4) is 0 Å². The van der Waals surface area contributed by atoms with Crippen molar-refractivity contribution in [2.24, 2.45) is 0 Å². The molecule has 1 aliphatic rings. The Morgan fingerprint density at radius 3 is 2.24 bits per heavy atom. The summed E-state index contributed by atoms with van der Waals surface area (Å²) in [6.45, 7) is 1.31. The van der Waals surface area contributed by atoms with Crippen molar-refractivity contribution in [3.05, 3.63) is 64.7 Å². The number of rotatable bonds is 5. The van der Waals surface area contributed by atoms with Crippen LogP contribution in [0.5, 0.6) is 0 Å². The van der Waals surface area contributed by atoms with Gasteiger partial charge in [-0.25, -0.2) is 8.42 Å². The van der Waals surface area contributed by atoms with E-state index in [1.54, 1.807) is 0 Å². The van der Waals surface area contributed by atoms with Crippen LogP contribution in [-0.4, -0.2) is 55.5 Å². The number of β-amino-alcohol motifs (C(OH)–C–C–N with tert-alkyl or cyclic N) is 1. The van der Waals surface area contributed by atoms with Crippen molar-refractivity contribution in [2.45, 2.75) is 17.2 Å². The fourth-order valence-corrected chi connectivity index (χ4v) is 4.88. The number of nitrogens with zero attached hydrogens (tertiary/aromatic N) is 2. The summed E-state index contributed by atoms with van der Waals surface area (Å²) in [4.78, 5) is 1.49. The molecule has 0 radical (unpaired) electrons. The molecule has 1 atom stereocenters. The average molecular weight is 449 g/mol. The van der Waals surface area contributed by atoms with Crippen molar-refractivity contribution >= 4 is 21.6 Å². The van der Waals surface area contributed by atoms with E-state index in [9.17, 15) is 26.7 Å². The minimum absolute atomic E-state index is 0.119. The highest BCUT2D eigenvalue weighted by atomic mass is 35.5. The van der Waals surface area contributed by atoms with E-state index >= 15 is 0 Å². The van der Waals surface area contributed by atoms with Gasteiger partial charge in [0.15, 0.2) is 0 Å². The number of halogens is 4. The Morgan fingerprint density at radius 2 is 1.66 bits per heavy atom. The standard InChI is InChI=1S/C19H20ClF3N2O3S/c20-17-7-6-15(12-16(17)19(21,22)23)29(27,28)25-10-8-24(9-11-25)13-18(26)14-4-2-1-3-5-14/h1-7,12,18,26H,8-11,13H2/t18-/m0/s1. The predicted molar refractivity (Wildman–Crippen MR) is 103 cm³/mol. The molecule has 0 bridgehead atoms. The van der Waals surface area contributed by atoms with E-state index < -0.39 is 37.8 Å². The molecule has 10 heteroatoms. The molecule has 0 spiro atoms. The van der Waals surface area contributed by atoms with Crippen LogP contribution in [-0.2, 0) is 16.2 Å². The molecule has 0 unspecified atom stereocenters. The average Bonchev–Trinajstić information content (AvgIpc) is 2.68. The van der Waals surface area contributed by atoms with E-state index in [4.69, 9.17) is 11.6 Å². The maximum Gasteiger partial charge on any atom is 0.417 e. The molecular weight excluding hydrogens is 429 g/mol. The van der Waals surface area contributed by atoms with E-state index in [1.807, 2.05) is 35.2 Å². The first-order valence-electron chi connectivity index (χ1n) is 8.91. The van der Waals surface area contributed by atoms with E-state index in [-0.39, 0.29) is 13.1 Å². The van der Waals surface area contributed by atoms with E-state index in [1.165, 1.54) is 0 Å². The first-order valence-corrected chi connectivity index (χ1v) is 10.7. The molecule has 0 aromatic heterocycles. The highest BCUT2D eigenvalue weighted by molar-refractivity contribution is 7.89. The molecule has 1 fully saturated rings. The number of hydrogen-bond acceptors (Lipinski definition) is 4. The zero-order valence-electron chi connectivity index (χ0n) is 15.3. The Labute approximate surface area is 172 Å². The fraction of sp³-hybridized carbons (Fsp3) is 0.368. The highest BCUT2D eigenvalue weighted by Gasteiger charge is 2.36. The number of hydrogen-bond donors (Lipinski definition) is 1. The quantitative estimate of drug-likeness (QED) is 0.761. The second-order valence-corrected chi connectivity index (χ2v) is 9.12. The first-order chi connectivity index (χ1) is 13.6. The molecule has 1 aliphatic heterocycles. The van der Waals surface area contributed by atoms with Crippen LogP contribution in [0.25, 0.3) is 0 Å². The molecule has 2 aromatic rings. The lowest BCUT2D eigenvalue weighted by Crippen LogP contribution is -2.49. The van der Waals surface area contributed by atoms with Gasteiger partial charge in [0.1, 0.15) is 0 Å². The van der Waals surface area contributed by atoms with Crippen molar-refractivity contribution < 1.29 is 26.7 Å². The van der Waals surface area contributed by atoms with Crippen LogP contribution >= 0.6 is 11.6 Å². The van der Waals surface area contributed by atoms with E-state index in [0.717, 1.165) is 22.0 Å². The number of piperazine rings is 1. The number of sulfonamides is 1. The molecule has 1 saturated heterocycles. The van der Waals surface area contributed by atoms with Gasteiger partial charge in [0, 0.05) is 32.7 Å². The van der Waals surface area contributed by atoms with Crippen LogP contribution in [0.1, 0.15) is 17.2 Å². The normalized spacial score (nSPS) is 18.0. The van der Waals surface area contributed by atoms with Gasteiger partial charge in [0.25, 0.3) is 0 Å². The second-order valence-electron chi connectivity index (χ2n) is 6.77. The minimum Gasteiger partial charge on any atom is -0.387 e. The smallest absolute Gasteiger partial charge is 0.387 e. The Kier molecular flexibility index (Phi) is 6.54. The van der Waals surface area contributed by atoms with Gasteiger partial charge >= 0.3 is 6.18 Å². The first kappa shape index (κ1) is 22.0. The van der Waals surface area contributed by atoms with Gasteiger partial charge in [-0.05, 0) is 23.8 Å². The Hall–Kier alpha value is -1.65. The lowest BCUT2D eigenvalue weighted by Gasteiger charge is -2.35. The summed E-state index contributed by atoms with van der Waals surface area (Å²) < 4.78 is 65.9. The Balaban J connectivity index is 1.67. The van der Waals surface area contributed by atoms with Crippen LogP contribution in [0, 0.1) is 0 Å². The summed E-state index contributed by atoms with van der Waals surface area (Å²) >= 11 is 5.58. The minimum atomic E-state index is -4.74. The van der Waals surface area contributed by atoms with Crippen molar-refractivity contribution in [1.29, 1.82) is 0 Å². The molecule has 1 N–H and O–H groups in total. The third-order valence-electron chi connectivity index (χ3n) is 4.83. The third kappa shape index (κ3) is 5.10. The van der Waals surface area contributed by atoms with Gasteiger partial charge in [-0.1, -0.05) is 41.9 Å². The largest absolute Gasteiger partial charge is 0.417 e. The zero-order valence-corrected chi connectivity index (χ0v) is 16.9. The molecule has 1 heterocycles. The third-order valence-corrected chi connectivity index (χ3v) is 7.05. The van der Waals surface area contributed by atoms with Crippen molar-refractivity contribution in [3.63, 3.8) is 0 Å². The monoisotopic (exact) mass is 448 g/mol. The van der Waals surface area contributed by atoms with Gasteiger partial charge in [-0.3, -0.25) is 4.90 Å². The van der Waals surface area contributed by atoms with E-state index in [0.29, 0.717) is 25.7 Å². The van der Waals surface area contributed by atoms with Gasteiger partial charge in [-0.2, -0.15) is 17.5 Å². The SMILES string of the molecule is O=S(=O)(c1ccc(Cl)c(C(F)(F)F)c1)N1CCN(C[C@H](O)c2ccccc2)CC1. The summed E-state index contributed by atoms with van der Waals surface area (Å²) in [7, 11) is -4.08. The number of benzene rings is 2. The van der Waals surface area contributed by atoms with Gasteiger partial charge in [0.2, 0.25) is 10.0 Å².